The zero-order valence-electron chi connectivity index (χ0n) is 25.4. The lowest BCUT2D eigenvalue weighted by Crippen LogP contribution is -2.43. The Balaban J connectivity index is 1.20. The number of hydrogen-bond acceptors (Lipinski definition) is 7. The van der Waals surface area contributed by atoms with Crippen molar-refractivity contribution >= 4 is 17.0 Å². The minimum absolute atomic E-state index is 0.106. The van der Waals surface area contributed by atoms with Crippen molar-refractivity contribution in [1.82, 2.24) is 29.3 Å². The monoisotopic (exact) mass is 567 g/mol. The number of anilines is 1. The molecule has 2 aliphatic carbocycles. The van der Waals surface area contributed by atoms with Crippen LogP contribution in [0.5, 0.6) is 6.01 Å². The van der Waals surface area contributed by atoms with Crippen molar-refractivity contribution in [2.75, 3.05) is 38.5 Å². The molecule has 2 aromatic rings. The van der Waals surface area contributed by atoms with Crippen LogP contribution in [-0.4, -0.2) is 74.2 Å². The molecule has 9 nitrogen and oxygen atoms in total. The lowest BCUT2D eigenvalue weighted by molar-refractivity contribution is 0.0993. The van der Waals surface area contributed by atoms with Crippen molar-refractivity contribution in [3.8, 4) is 6.01 Å². The summed E-state index contributed by atoms with van der Waals surface area (Å²) in [7, 11) is 0. The first-order chi connectivity index (χ1) is 20.1. The molecule has 1 unspecified atom stereocenters. The summed E-state index contributed by atoms with van der Waals surface area (Å²) in [6.45, 7) is 7.46. The maximum Gasteiger partial charge on any atom is 0.328 e. The second kappa shape index (κ2) is 13.4. The highest BCUT2D eigenvalue weighted by atomic mass is 16.5. The van der Waals surface area contributed by atoms with Gasteiger partial charge in [0, 0.05) is 18.1 Å². The SMILES string of the molecule is CCCCOc1nc(N)c2[nH]c(=O)n(C(CCC3CCN(C4CCCC4)CC3)C3CCN(C4CCCC4)CC3)c2n1. The van der Waals surface area contributed by atoms with Gasteiger partial charge in [-0.2, -0.15) is 9.97 Å². The fraction of sp³-hybridized carbons (Fsp3) is 0.844. The number of rotatable bonds is 11. The molecule has 6 rings (SSSR count). The Bertz CT molecular complexity index is 1170. The van der Waals surface area contributed by atoms with E-state index in [4.69, 9.17) is 15.5 Å². The Morgan fingerprint density at radius 2 is 1.51 bits per heavy atom. The summed E-state index contributed by atoms with van der Waals surface area (Å²) in [5, 5.41) is 0. The molecule has 4 fully saturated rings. The smallest absolute Gasteiger partial charge is 0.328 e. The maximum absolute atomic E-state index is 13.6. The minimum Gasteiger partial charge on any atom is -0.463 e. The van der Waals surface area contributed by atoms with E-state index in [-0.39, 0.29) is 17.7 Å². The van der Waals surface area contributed by atoms with E-state index in [1.54, 1.807) is 0 Å². The van der Waals surface area contributed by atoms with Gasteiger partial charge in [-0.1, -0.05) is 39.0 Å². The molecule has 0 bridgehead atoms. The van der Waals surface area contributed by atoms with E-state index in [2.05, 4.69) is 26.7 Å². The van der Waals surface area contributed by atoms with Crippen LogP contribution in [0.1, 0.15) is 116 Å². The normalized spacial score (nSPS) is 23.6. The number of nitrogen functional groups attached to an aromatic ring is 1. The summed E-state index contributed by atoms with van der Waals surface area (Å²) in [5.41, 5.74) is 7.40. The molecule has 2 saturated heterocycles. The third-order valence-corrected chi connectivity index (χ3v) is 11.0. The molecule has 0 aromatic carbocycles. The van der Waals surface area contributed by atoms with Gasteiger partial charge in [0.1, 0.15) is 5.52 Å². The van der Waals surface area contributed by atoms with Gasteiger partial charge >= 0.3 is 11.7 Å². The predicted octanol–water partition coefficient (Wildman–Crippen LogP) is 5.51. The zero-order valence-corrected chi connectivity index (χ0v) is 25.4. The topological polar surface area (TPSA) is 105 Å². The minimum atomic E-state index is -0.106. The molecule has 2 aromatic heterocycles. The van der Waals surface area contributed by atoms with Gasteiger partial charge in [0.15, 0.2) is 11.5 Å². The quantitative estimate of drug-likeness (QED) is 0.345. The van der Waals surface area contributed by atoms with Crippen molar-refractivity contribution in [2.45, 2.75) is 128 Å². The average molecular weight is 568 g/mol. The first-order valence-electron chi connectivity index (χ1n) is 17.0. The number of nitrogens with two attached hydrogens (primary N) is 1. The van der Waals surface area contributed by atoms with Crippen molar-refractivity contribution in [3.63, 3.8) is 0 Å². The molecule has 9 heteroatoms. The fourth-order valence-corrected chi connectivity index (χ4v) is 8.48. The van der Waals surface area contributed by atoms with Crippen LogP contribution < -0.4 is 16.2 Å². The summed E-state index contributed by atoms with van der Waals surface area (Å²) < 4.78 is 7.81. The highest BCUT2D eigenvalue weighted by Crippen LogP contribution is 2.38. The second-order valence-electron chi connectivity index (χ2n) is 13.5. The third-order valence-electron chi connectivity index (χ3n) is 11.0. The molecule has 4 aliphatic rings. The standard InChI is InChI=1S/C32H53N7O2/c1-2-3-22-41-31-35-29(33)28-30(36-31)39(32(40)34-28)27(24-16-20-38(21-17-24)26-10-6-7-11-26)13-12-23-14-18-37(19-15-23)25-8-4-5-9-25/h23-27H,2-22H2,1H3,(H,34,40)(H2,33,35,36). The Hall–Kier alpha value is -2.13. The Labute approximate surface area is 245 Å². The Morgan fingerprint density at radius 1 is 0.902 bits per heavy atom. The number of unbranched alkanes of at least 4 members (excludes halogenated alkanes) is 1. The predicted molar refractivity (Wildman–Crippen MR) is 164 cm³/mol. The van der Waals surface area contributed by atoms with Crippen LogP contribution in [0.3, 0.4) is 0 Å². The molecule has 0 amide bonds. The van der Waals surface area contributed by atoms with Crippen LogP contribution in [0.2, 0.25) is 0 Å². The number of hydrogen-bond donors (Lipinski definition) is 2. The third kappa shape index (κ3) is 6.61. The van der Waals surface area contributed by atoms with Gasteiger partial charge < -0.3 is 25.3 Å². The maximum atomic E-state index is 13.6. The van der Waals surface area contributed by atoms with Gasteiger partial charge in [0.2, 0.25) is 0 Å². The number of likely N-dealkylation sites (tertiary alicyclic amines) is 2. The first kappa shape index (κ1) is 29.0. The summed E-state index contributed by atoms with van der Waals surface area (Å²) in [6, 6.07) is 2.00. The number of nitrogens with zero attached hydrogens (tertiary/aromatic N) is 5. The van der Waals surface area contributed by atoms with Crippen LogP contribution in [0.4, 0.5) is 5.82 Å². The van der Waals surface area contributed by atoms with E-state index < -0.39 is 0 Å². The summed E-state index contributed by atoms with van der Waals surface area (Å²) in [4.78, 5) is 31.2. The summed E-state index contributed by atoms with van der Waals surface area (Å²) in [5.74, 6) is 1.50. The summed E-state index contributed by atoms with van der Waals surface area (Å²) >= 11 is 0. The number of nitrogens with one attached hydrogen (secondary N) is 1. The molecule has 2 saturated carbocycles. The van der Waals surface area contributed by atoms with E-state index in [1.807, 2.05) is 4.57 Å². The van der Waals surface area contributed by atoms with E-state index in [9.17, 15) is 4.79 Å². The fourth-order valence-electron chi connectivity index (χ4n) is 8.48. The highest BCUT2D eigenvalue weighted by molar-refractivity contribution is 5.82. The number of fused-ring (bicyclic) bond motifs is 1. The molecule has 4 heterocycles. The Morgan fingerprint density at radius 3 is 2.12 bits per heavy atom. The van der Waals surface area contributed by atoms with Crippen molar-refractivity contribution in [3.05, 3.63) is 10.5 Å². The molecule has 0 radical (unpaired) electrons. The average Bonchev–Trinajstić information content (AvgIpc) is 3.77. The van der Waals surface area contributed by atoms with E-state index in [0.717, 1.165) is 63.2 Å². The number of H-pyrrole nitrogens is 1. The van der Waals surface area contributed by atoms with Crippen LogP contribution in [0, 0.1) is 11.8 Å². The van der Waals surface area contributed by atoms with Gasteiger partial charge in [0.25, 0.3) is 0 Å². The lowest BCUT2D eigenvalue weighted by atomic mass is 9.82. The van der Waals surface area contributed by atoms with Crippen LogP contribution >= 0.6 is 0 Å². The van der Waals surface area contributed by atoms with Gasteiger partial charge in [-0.05, 0) is 109 Å². The molecular weight excluding hydrogens is 514 g/mol. The molecule has 228 valence electrons. The second-order valence-corrected chi connectivity index (χ2v) is 13.5. The number of piperidine rings is 2. The summed E-state index contributed by atoms with van der Waals surface area (Å²) in [6.07, 6.45) is 20.1. The van der Waals surface area contributed by atoms with Crippen LogP contribution in [-0.2, 0) is 0 Å². The number of ether oxygens (including phenoxy) is 1. The molecular formula is C32H53N7O2. The first-order valence-corrected chi connectivity index (χ1v) is 17.0. The van der Waals surface area contributed by atoms with Gasteiger partial charge in [-0.3, -0.25) is 4.57 Å². The van der Waals surface area contributed by atoms with E-state index in [0.29, 0.717) is 29.5 Å². The number of aromatic amines is 1. The van der Waals surface area contributed by atoms with Gasteiger partial charge in [0.05, 0.1) is 6.61 Å². The van der Waals surface area contributed by atoms with Crippen molar-refractivity contribution in [2.24, 2.45) is 11.8 Å². The zero-order chi connectivity index (χ0) is 28.2. The van der Waals surface area contributed by atoms with Crippen LogP contribution in [0.15, 0.2) is 4.79 Å². The molecule has 1 atom stereocenters. The van der Waals surface area contributed by atoms with Gasteiger partial charge in [-0.25, -0.2) is 4.79 Å². The van der Waals surface area contributed by atoms with Crippen LogP contribution in [0.25, 0.3) is 11.2 Å². The number of aromatic nitrogens is 4. The lowest BCUT2D eigenvalue weighted by Gasteiger charge is -2.40. The van der Waals surface area contributed by atoms with Gasteiger partial charge in [-0.15, -0.1) is 0 Å². The molecule has 0 spiro atoms. The largest absolute Gasteiger partial charge is 0.463 e. The van der Waals surface area contributed by atoms with E-state index >= 15 is 0 Å². The molecule has 41 heavy (non-hydrogen) atoms. The Kier molecular flexibility index (Phi) is 9.50. The highest BCUT2D eigenvalue weighted by Gasteiger charge is 2.35. The molecule has 2 aliphatic heterocycles. The van der Waals surface area contributed by atoms with Crippen molar-refractivity contribution < 1.29 is 4.74 Å². The molecule has 3 N–H and O–H groups in total. The van der Waals surface area contributed by atoms with Crippen molar-refractivity contribution in [1.29, 1.82) is 0 Å². The van der Waals surface area contributed by atoms with E-state index in [1.165, 1.54) is 83.7 Å². The number of imidazole rings is 1.